The molecule has 0 aliphatic carbocycles. The molecule has 1 unspecified atom stereocenters. The van der Waals surface area contributed by atoms with Crippen LogP contribution in [0.5, 0.6) is 17.2 Å². The van der Waals surface area contributed by atoms with E-state index in [1.165, 1.54) is 32.4 Å². The van der Waals surface area contributed by atoms with Gasteiger partial charge in [-0.3, -0.25) is 14.5 Å². The number of hydrogen-bond acceptors (Lipinski definition) is 6. The van der Waals surface area contributed by atoms with E-state index in [0.717, 1.165) is 22.6 Å². The lowest BCUT2D eigenvalue weighted by Crippen LogP contribution is -2.29. The lowest BCUT2D eigenvalue weighted by molar-refractivity contribution is -0.274. The number of alkyl halides is 3. The Balaban J connectivity index is 1.94. The Kier molecular flexibility index (Phi) is 7.72. The van der Waals surface area contributed by atoms with Gasteiger partial charge in [-0.1, -0.05) is 53.0 Å². The number of amides is 1. The van der Waals surface area contributed by atoms with Crippen LogP contribution in [0.1, 0.15) is 22.7 Å². The average molecular weight is 582 g/mol. The van der Waals surface area contributed by atoms with Gasteiger partial charge in [-0.25, -0.2) is 0 Å². The molecular weight excluding hydrogens is 562 g/mol. The summed E-state index contributed by atoms with van der Waals surface area (Å²) in [5.41, 5.74) is 0.959. The Morgan fingerprint density at radius 2 is 1.62 bits per heavy atom. The summed E-state index contributed by atoms with van der Waals surface area (Å²) >= 11 is 12.7. The number of carbonyl (C=O) groups excluding carboxylic acids is 2. The van der Waals surface area contributed by atoms with Crippen molar-refractivity contribution >= 4 is 46.3 Å². The first kappa shape index (κ1) is 28.1. The van der Waals surface area contributed by atoms with Gasteiger partial charge in [0.25, 0.3) is 11.7 Å². The van der Waals surface area contributed by atoms with Gasteiger partial charge in [-0.15, -0.1) is 13.2 Å². The number of benzene rings is 3. The largest absolute Gasteiger partial charge is 0.573 e. The topological polar surface area (TPSA) is 85.3 Å². The van der Waals surface area contributed by atoms with Gasteiger partial charge in [-0.05, 0) is 42.8 Å². The number of aliphatic hydroxyl groups excluding tert-OH is 1. The monoisotopic (exact) mass is 581 g/mol. The summed E-state index contributed by atoms with van der Waals surface area (Å²) in [6.45, 7) is 1.80. The first-order valence-electron chi connectivity index (χ1n) is 11.2. The van der Waals surface area contributed by atoms with Crippen LogP contribution in [0.25, 0.3) is 5.76 Å². The molecule has 1 amide bonds. The van der Waals surface area contributed by atoms with Crippen LogP contribution in [0.4, 0.5) is 18.9 Å². The van der Waals surface area contributed by atoms with Crippen molar-refractivity contribution in [2.75, 3.05) is 19.1 Å². The molecule has 1 aliphatic heterocycles. The fraction of sp³-hybridized carbons (Fsp3) is 0.185. The Bertz CT molecular complexity index is 1490. The van der Waals surface area contributed by atoms with Gasteiger partial charge in [-0.2, -0.15) is 0 Å². The van der Waals surface area contributed by atoms with Crippen molar-refractivity contribution in [3.05, 3.63) is 86.9 Å². The molecule has 1 atom stereocenters. The fourth-order valence-corrected chi connectivity index (χ4v) is 5.04. The van der Waals surface area contributed by atoms with Gasteiger partial charge < -0.3 is 19.3 Å². The Morgan fingerprint density at radius 1 is 0.974 bits per heavy atom. The summed E-state index contributed by atoms with van der Waals surface area (Å²) in [5.74, 6) is -3.18. The maximum absolute atomic E-state index is 13.4. The van der Waals surface area contributed by atoms with Crippen LogP contribution in [0, 0.1) is 6.92 Å². The average Bonchev–Trinajstić information content (AvgIpc) is 3.13. The third-order valence-electron chi connectivity index (χ3n) is 5.95. The molecule has 3 aromatic carbocycles. The number of ketones is 1. The van der Waals surface area contributed by atoms with Crippen LogP contribution >= 0.6 is 23.2 Å². The Hall–Kier alpha value is -3.89. The third kappa shape index (κ3) is 5.35. The molecule has 39 heavy (non-hydrogen) atoms. The van der Waals surface area contributed by atoms with Crippen molar-refractivity contribution in [1.82, 2.24) is 0 Å². The summed E-state index contributed by atoms with van der Waals surface area (Å²) in [6.07, 6.45) is -4.91. The van der Waals surface area contributed by atoms with E-state index in [1.807, 2.05) is 0 Å². The molecular formula is C27H20Cl2F3NO6. The number of hydrogen-bond donors (Lipinski definition) is 1. The minimum Gasteiger partial charge on any atom is -0.507 e. The van der Waals surface area contributed by atoms with E-state index in [0.29, 0.717) is 5.56 Å². The summed E-state index contributed by atoms with van der Waals surface area (Å²) in [6, 6.07) is 11.4. The molecule has 0 radical (unpaired) electrons. The minimum absolute atomic E-state index is 0.00596. The molecule has 1 aliphatic rings. The van der Waals surface area contributed by atoms with Crippen molar-refractivity contribution in [2.24, 2.45) is 0 Å². The highest BCUT2D eigenvalue weighted by molar-refractivity contribution is 6.52. The van der Waals surface area contributed by atoms with E-state index in [-0.39, 0.29) is 38.4 Å². The highest BCUT2D eigenvalue weighted by Gasteiger charge is 2.47. The zero-order chi connectivity index (χ0) is 28.6. The standard InChI is InChI=1S/C27H20Cl2F3NO6/c1-13-5-4-6-14(11-13)21-19(22(34)17-12-18(28)25(38-3)20(29)24(17)37-2)23(35)26(36)33(21)15-7-9-16(10-8-15)39-27(30,31)32/h4-12,21,34H,1-3H3/b22-19+. The summed E-state index contributed by atoms with van der Waals surface area (Å²) in [7, 11) is 2.62. The summed E-state index contributed by atoms with van der Waals surface area (Å²) in [4.78, 5) is 27.8. The number of rotatable bonds is 6. The van der Waals surface area contributed by atoms with Crippen molar-refractivity contribution in [1.29, 1.82) is 0 Å². The van der Waals surface area contributed by atoms with E-state index in [2.05, 4.69) is 4.74 Å². The molecule has 4 rings (SSSR count). The van der Waals surface area contributed by atoms with Crippen molar-refractivity contribution in [3.8, 4) is 17.2 Å². The van der Waals surface area contributed by atoms with Crippen LogP contribution in [-0.4, -0.2) is 37.4 Å². The second-order valence-electron chi connectivity index (χ2n) is 8.41. The molecule has 0 spiro atoms. The van der Waals surface area contributed by atoms with Gasteiger partial charge >= 0.3 is 6.36 Å². The van der Waals surface area contributed by atoms with Crippen molar-refractivity contribution in [2.45, 2.75) is 19.3 Å². The zero-order valence-electron chi connectivity index (χ0n) is 20.6. The van der Waals surface area contributed by atoms with Gasteiger partial charge in [0.05, 0.1) is 36.4 Å². The van der Waals surface area contributed by atoms with Crippen LogP contribution < -0.4 is 19.1 Å². The van der Waals surface area contributed by atoms with Crippen molar-refractivity contribution in [3.63, 3.8) is 0 Å². The smallest absolute Gasteiger partial charge is 0.507 e. The van der Waals surface area contributed by atoms with E-state index in [1.54, 1.807) is 31.2 Å². The number of methoxy groups -OCH3 is 2. The van der Waals surface area contributed by atoms with E-state index >= 15 is 0 Å². The van der Waals surface area contributed by atoms with Crippen LogP contribution in [0.15, 0.2) is 60.2 Å². The fourth-order valence-electron chi connectivity index (χ4n) is 4.35. The second kappa shape index (κ2) is 10.7. The molecule has 0 saturated carbocycles. The second-order valence-corrected chi connectivity index (χ2v) is 9.20. The molecule has 12 heteroatoms. The molecule has 204 valence electrons. The van der Waals surface area contributed by atoms with E-state index < -0.39 is 35.6 Å². The highest BCUT2D eigenvalue weighted by Crippen LogP contribution is 2.48. The van der Waals surface area contributed by atoms with Crippen LogP contribution in [-0.2, 0) is 9.59 Å². The number of aryl methyl sites for hydroxylation is 1. The lowest BCUT2D eigenvalue weighted by atomic mass is 9.94. The van der Waals surface area contributed by atoms with Crippen molar-refractivity contribution < 1.29 is 42.1 Å². The molecule has 7 nitrogen and oxygen atoms in total. The molecule has 1 N–H and O–H groups in total. The lowest BCUT2D eigenvalue weighted by Gasteiger charge is -2.26. The van der Waals surface area contributed by atoms with E-state index in [9.17, 15) is 27.9 Å². The number of ether oxygens (including phenoxy) is 3. The summed E-state index contributed by atoms with van der Waals surface area (Å²) in [5, 5.41) is 11.4. The van der Waals surface area contributed by atoms with Crippen LogP contribution in [0.3, 0.4) is 0 Å². The third-order valence-corrected chi connectivity index (χ3v) is 6.57. The number of anilines is 1. The number of carbonyl (C=O) groups is 2. The SMILES string of the molecule is COc1c(Cl)cc(/C(O)=C2\C(=O)C(=O)N(c3ccc(OC(F)(F)F)cc3)C2c2cccc(C)c2)c(OC)c1Cl. The first-order valence-corrected chi connectivity index (χ1v) is 12.0. The van der Waals surface area contributed by atoms with Crippen LogP contribution in [0.2, 0.25) is 10.0 Å². The normalized spacial score (nSPS) is 16.9. The number of Topliss-reactive ketones (excluding diaryl/α,β-unsaturated/α-hetero) is 1. The summed E-state index contributed by atoms with van der Waals surface area (Å²) < 4.78 is 52.4. The molecule has 1 fully saturated rings. The first-order chi connectivity index (χ1) is 18.4. The molecule has 1 saturated heterocycles. The number of halogens is 5. The minimum atomic E-state index is -4.91. The quantitative estimate of drug-likeness (QED) is 0.195. The molecule has 0 bridgehead atoms. The van der Waals surface area contributed by atoms with Gasteiger partial charge in [0.1, 0.15) is 16.5 Å². The van der Waals surface area contributed by atoms with Gasteiger partial charge in [0.15, 0.2) is 11.5 Å². The van der Waals surface area contributed by atoms with E-state index in [4.69, 9.17) is 32.7 Å². The van der Waals surface area contributed by atoms with Gasteiger partial charge in [0.2, 0.25) is 0 Å². The number of aliphatic hydroxyl groups is 1. The molecule has 1 heterocycles. The predicted molar refractivity (Wildman–Crippen MR) is 139 cm³/mol. The predicted octanol–water partition coefficient (Wildman–Crippen LogP) is 6.84. The molecule has 3 aromatic rings. The zero-order valence-corrected chi connectivity index (χ0v) is 22.1. The Morgan fingerprint density at radius 3 is 2.18 bits per heavy atom. The highest BCUT2D eigenvalue weighted by atomic mass is 35.5. The Labute approximate surface area is 230 Å². The number of nitrogens with zero attached hydrogens (tertiary/aromatic N) is 1. The maximum Gasteiger partial charge on any atom is 0.573 e. The maximum atomic E-state index is 13.4. The van der Waals surface area contributed by atoms with Gasteiger partial charge in [0, 0.05) is 5.69 Å². The molecule has 0 aromatic heterocycles.